The fourth-order valence-corrected chi connectivity index (χ4v) is 3.28. The van der Waals surface area contributed by atoms with E-state index in [0.29, 0.717) is 25.7 Å². The smallest absolute Gasteiger partial charge is 0.320 e. The minimum atomic E-state index is -0.711. The summed E-state index contributed by atoms with van der Waals surface area (Å²) in [5.41, 5.74) is 0. The molecule has 2 saturated heterocycles. The van der Waals surface area contributed by atoms with Gasteiger partial charge in [-0.25, -0.2) is 4.79 Å². The summed E-state index contributed by atoms with van der Waals surface area (Å²) < 4.78 is 0. The van der Waals surface area contributed by atoms with E-state index in [9.17, 15) is 14.7 Å². The molecular formula is C15H25N3O3. The van der Waals surface area contributed by atoms with Gasteiger partial charge in [-0.1, -0.05) is 6.08 Å². The largest absolute Gasteiger partial charge is 0.480 e. The van der Waals surface area contributed by atoms with Gasteiger partial charge in [-0.15, -0.1) is 6.58 Å². The van der Waals surface area contributed by atoms with Crippen LogP contribution in [0.2, 0.25) is 0 Å². The molecule has 0 aliphatic carbocycles. The average molecular weight is 295 g/mol. The second-order valence-corrected chi connectivity index (χ2v) is 5.76. The maximum Gasteiger partial charge on any atom is 0.320 e. The lowest BCUT2D eigenvalue weighted by Crippen LogP contribution is -2.51. The molecule has 2 aliphatic rings. The van der Waals surface area contributed by atoms with Gasteiger partial charge in [0.05, 0.1) is 0 Å². The summed E-state index contributed by atoms with van der Waals surface area (Å²) in [5.74, 6) is -0.711. The summed E-state index contributed by atoms with van der Waals surface area (Å²) >= 11 is 0. The van der Waals surface area contributed by atoms with Gasteiger partial charge in [0.1, 0.15) is 6.04 Å². The van der Waals surface area contributed by atoms with Crippen LogP contribution in [0.4, 0.5) is 4.79 Å². The maximum absolute atomic E-state index is 11.9. The number of carboxylic acid groups (broad SMARTS) is 1. The monoisotopic (exact) mass is 295 g/mol. The Morgan fingerprint density at radius 1 is 1.24 bits per heavy atom. The van der Waals surface area contributed by atoms with Crippen molar-refractivity contribution in [2.24, 2.45) is 0 Å². The summed E-state index contributed by atoms with van der Waals surface area (Å²) in [6.45, 7) is 6.52. The number of amides is 2. The molecule has 0 bridgehead atoms. The van der Waals surface area contributed by atoms with Gasteiger partial charge in [0, 0.05) is 25.7 Å². The number of nitrogens with zero attached hydrogens (tertiary/aromatic N) is 2. The van der Waals surface area contributed by atoms with Crippen LogP contribution in [-0.4, -0.2) is 65.2 Å². The summed E-state index contributed by atoms with van der Waals surface area (Å²) in [6, 6.07) is -0.0553. The predicted molar refractivity (Wildman–Crippen MR) is 80.2 cm³/mol. The number of piperidine rings is 1. The summed E-state index contributed by atoms with van der Waals surface area (Å²) in [4.78, 5) is 27.1. The Hall–Kier alpha value is -1.56. The van der Waals surface area contributed by atoms with E-state index in [1.807, 2.05) is 4.90 Å². The zero-order chi connectivity index (χ0) is 15.2. The molecule has 0 saturated carbocycles. The van der Waals surface area contributed by atoms with Crippen molar-refractivity contribution in [1.29, 1.82) is 0 Å². The Morgan fingerprint density at radius 2 is 1.95 bits per heavy atom. The molecule has 0 aromatic heterocycles. The molecule has 2 N–H and O–H groups in total. The highest BCUT2D eigenvalue weighted by Gasteiger charge is 2.37. The van der Waals surface area contributed by atoms with Crippen LogP contribution in [0, 0.1) is 0 Å². The van der Waals surface area contributed by atoms with Crippen LogP contribution in [0.15, 0.2) is 12.7 Å². The molecule has 1 atom stereocenters. The lowest BCUT2D eigenvalue weighted by molar-refractivity contribution is -0.143. The van der Waals surface area contributed by atoms with Gasteiger partial charge in [0.15, 0.2) is 0 Å². The van der Waals surface area contributed by atoms with E-state index in [1.165, 1.54) is 0 Å². The van der Waals surface area contributed by atoms with E-state index in [4.69, 9.17) is 0 Å². The molecular weight excluding hydrogens is 270 g/mol. The Morgan fingerprint density at radius 3 is 2.57 bits per heavy atom. The SMILES string of the molecule is C=CCCNC(=O)N1CCC(N2CCCC2C(=O)O)CC1. The third-order valence-corrected chi connectivity index (χ3v) is 4.42. The van der Waals surface area contributed by atoms with Crippen LogP contribution >= 0.6 is 0 Å². The van der Waals surface area contributed by atoms with Gasteiger partial charge in [0.2, 0.25) is 0 Å². The van der Waals surface area contributed by atoms with Crippen molar-refractivity contribution in [3.63, 3.8) is 0 Å². The molecule has 0 aromatic rings. The molecule has 1 unspecified atom stereocenters. The van der Waals surface area contributed by atoms with E-state index in [2.05, 4.69) is 16.8 Å². The van der Waals surface area contributed by atoms with Gasteiger partial charge >= 0.3 is 12.0 Å². The predicted octanol–water partition coefficient (Wildman–Crippen LogP) is 1.29. The maximum atomic E-state index is 11.9. The van der Waals surface area contributed by atoms with Crippen molar-refractivity contribution in [1.82, 2.24) is 15.1 Å². The van der Waals surface area contributed by atoms with Crippen molar-refractivity contribution in [2.75, 3.05) is 26.2 Å². The molecule has 6 heteroatoms. The molecule has 6 nitrogen and oxygen atoms in total. The summed E-state index contributed by atoms with van der Waals surface area (Å²) in [6.07, 6.45) is 5.98. The number of carbonyl (C=O) groups excluding carboxylic acids is 1. The van der Waals surface area contributed by atoms with Gasteiger partial charge in [0.25, 0.3) is 0 Å². The normalized spacial score (nSPS) is 24.0. The number of hydrogen-bond acceptors (Lipinski definition) is 3. The molecule has 21 heavy (non-hydrogen) atoms. The van der Waals surface area contributed by atoms with E-state index < -0.39 is 5.97 Å². The topological polar surface area (TPSA) is 72.9 Å². The van der Waals surface area contributed by atoms with E-state index in [1.54, 1.807) is 6.08 Å². The van der Waals surface area contributed by atoms with E-state index in [0.717, 1.165) is 38.6 Å². The molecule has 0 aromatic carbocycles. The highest BCUT2D eigenvalue weighted by atomic mass is 16.4. The van der Waals surface area contributed by atoms with Gasteiger partial charge in [-0.05, 0) is 38.6 Å². The number of aliphatic carboxylic acids is 1. The molecule has 0 radical (unpaired) electrons. The van der Waals surface area contributed by atoms with Gasteiger partial charge < -0.3 is 15.3 Å². The van der Waals surface area contributed by atoms with Crippen molar-refractivity contribution >= 4 is 12.0 Å². The number of urea groups is 1. The number of rotatable bonds is 5. The second-order valence-electron chi connectivity index (χ2n) is 5.76. The molecule has 2 rings (SSSR count). The highest BCUT2D eigenvalue weighted by molar-refractivity contribution is 5.74. The Kier molecular flexibility index (Phi) is 5.61. The number of nitrogens with one attached hydrogen (secondary N) is 1. The summed E-state index contributed by atoms with van der Waals surface area (Å²) in [7, 11) is 0. The summed E-state index contributed by atoms with van der Waals surface area (Å²) in [5, 5.41) is 12.1. The number of hydrogen-bond donors (Lipinski definition) is 2. The van der Waals surface area contributed by atoms with Crippen LogP contribution in [0.1, 0.15) is 32.1 Å². The minimum Gasteiger partial charge on any atom is -0.480 e. The quantitative estimate of drug-likeness (QED) is 0.592. The lowest BCUT2D eigenvalue weighted by Gasteiger charge is -2.38. The molecule has 2 fully saturated rings. The highest BCUT2D eigenvalue weighted by Crippen LogP contribution is 2.26. The third kappa shape index (κ3) is 3.97. The lowest BCUT2D eigenvalue weighted by atomic mass is 10.0. The fourth-order valence-electron chi connectivity index (χ4n) is 3.28. The van der Waals surface area contributed by atoms with Gasteiger partial charge in [-0.2, -0.15) is 0 Å². The molecule has 0 spiro atoms. The van der Waals surface area contributed by atoms with Crippen molar-refractivity contribution in [2.45, 2.75) is 44.2 Å². The first-order valence-electron chi connectivity index (χ1n) is 7.75. The van der Waals surface area contributed by atoms with Crippen LogP contribution < -0.4 is 5.32 Å². The van der Waals surface area contributed by atoms with E-state index in [-0.39, 0.29) is 12.1 Å². The Labute approximate surface area is 125 Å². The second kappa shape index (κ2) is 7.45. The first-order chi connectivity index (χ1) is 10.1. The van der Waals surface area contributed by atoms with Crippen LogP contribution in [-0.2, 0) is 4.79 Å². The van der Waals surface area contributed by atoms with Crippen molar-refractivity contribution in [3.8, 4) is 0 Å². The fraction of sp³-hybridized carbons (Fsp3) is 0.733. The Bertz CT molecular complexity index is 392. The average Bonchev–Trinajstić information content (AvgIpc) is 2.97. The zero-order valence-corrected chi connectivity index (χ0v) is 12.5. The Balaban J connectivity index is 1.79. The first-order valence-corrected chi connectivity index (χ1v) is 7.75. The number of carboxylic acids is 1. The number of likely N-dealkylation sites (tertiary alicyclic amines) is 2. The minimum absolute atomic E-state index is 0.0218. The molecule has 2 aliphatic heterocycles. The van der Waals surface area contributed by atoms with Crippen LogP contribution in [0.3, 0.4) is 0 Å². The third-order valence-electron chi connectivity index (χ3n) is 4.42. The van der Waals surface area contributed by atoms with Crippen LogP contribution in [0.5, 0.6) is 0 Å². The van der Waals surface area contributed by atoms with Gasteiger partial charge in [-0.3, -0.25) is 9.69 Å². The van der Waals surface area contributed by atoms with Crippen molar-refractivity contribution in [3.05, 3.63) is 12.7 Å². The number of carbonyl (C=O) groups is 2. The van der Waals surface area contributed by atoms with Crippen LogP contribution in [0.25, 0.3) is 0 Å². The molecule has 118 valence electrons. The standard InChI is InChI=1S/C15H25N3O3/c1-2-3-8-16-15(21)17-10-6-12(7-11-17)18-9-4-5-13(18)14(19)20/h2,12-13H,1,3-11H2,(H,16,21)(H,19,20). The zero-order valence-electron chi connectivity index (χ0n) is 12.5. The molecule has 2 amide bonds. The first kappa shape index (κ1) is 15.8. The molecule has 2 heterocycles. The van der Waals surface area contributed by atoms with E-state index >= 15 is 0 Å². The van der Waals surface area contributed by atoms with Crippen molar-refractivity contribution < 1.29 is 14.7 Å².